The summed E-state index contributed by atoms with van der Waals surface area (Å²) in [6.07, 6.45) is 3.80. The van der Waals surface area contributed by atoms with Crippen molar-refractivity contribution in [3.8, 4) is 0 Å². The van der Waals surface area contributed by atoms with Crippen LogP contribution < -0.4 is 10.2 Å². The Morgan fingerprint density at radius 1 is 1.57 bits per heavy atom. The molecule has 1 saturated heterocycles. The van der Waals surface area contributed by atoms with Crippen molar-refractivity contribution in [1.82, 2.24) is 19.1 Å². The molecule has 1 N–H and O–H groups in total. The van der Waals surface area contributed by atoms with E-state index in [0.29, 0.717) is 11.9 Å². The van der Waals surface area contributed by atoms with Crippen LogP contribution in [0.1, 0.15) is 32.1 Å². The summed E-state index contributed by atoms with van der Waals surface area (Å²) >= 11 is 1.46. The van der Waals surface area contributed by atoms with E-state index in [2.05, 4.69) is 31.6 Å². The van der Waals surface area contributed by atoms with Gasteiger partial charge < -0.3 is 10.2 Å². The summed E-state index contributed by atoms with van der Waals surface area (Å²) in [5, 5.41) is 8.09. The molecule has 1 aliphatic rings. The molecule has 2 aromatic rings. The van der Waals surface area contributed by atoms with Crippen molar-refractivity contribution in [2.75, 3.05) is 23.3 Å². The second-order valence-corrected chi connectivity index (χ2v) is 5.83. The molecular weight excluding hydrogens is 288 g/mol. The molecule has 0 unspecified atom stereocenters. The molecule has 0 saturated carbocycles. The van der Waals surface area contributed by atoms with E-state index < -0.39 is 0 Å². The third kappa shape index (κ3) is 3.05. The average molecular weight is 306 g/mol. The number of aromatic nitrogens is 4. The molecule has 0 aliphatic carbocycles. The maximum Gasteiger partial charge on any atom is 0.222 e. The minimum absolute atomic E-state index is 0.103. The van der Waals surface area contributed by atoms with Gasteiger partial charge in [0, 0.05) is 50.2 Å². The molecule has 3 rings (SSSR count). The van der Waals surface area contributed by atoms with Crippen LogP contribution in [0.25, 0.3) is 0 Å². The quantitative estimate of drug-likeness (QED) is 0.930. The second-order valence-electron chi connectivity index (χ2n) is 5.10. The molecule has 21 heavy (non-hydrogen) atoms. The Labute approximate surface area is 127 Å². The molecule has 1 aliphatic heterocycles. The minimum atomic E-state index is -0.103. The lowest BCUT2D eigenvalue weighted by Crippen LogP contribution is -2.21. The van der Waals surface area contributed by atoms with Gasteiger partial charge in [-0.15, -0.1) is 0 Å². The fourth-order valence-electron chi connectivity index (χ4n) is 2.44. The summed E-state index contributed by atoms with van der Waals surface area (Å²) < 4.78 is 6.26. The van der Waals surface area contributed by atoms with Gasteiger partial charge in [-0.25, -0.2) is 4.98 Å². The van der Waals surface area contributed by atoms with Crippen molar-refractivity contribution < 1.29 is 4.79 Å². The Bertz CT molecular complexity index is 636. The highest BCUT2D eigenvalue weighted by atomic mass is 32.1. The molecule has 1 fully saturated rings. The van der Waals surface area contributed by atoms with Gasteiger partial charge in [-0.2, -0.15) is 9.47 Å². The summed E-state index contributed by atoms with van der Waals surface area (Å²) in [7, 11) is 0. The third-order valence-electron chi connectivity index (χ3n) is 3.49. The number of hydrogen-bond acceptors (Lipinski definition) is 6. The van der Waals surface area contributed by atoms with Crippen molar-refractivity contribution in [2.45, 2.75) is 32.7 Å². The van der Waals surface area contributed by atoms with E-state index in [9.17, 15) is 4.79 Å². The number of amides is 1. The number of aryl methyl sites for hydroxylation is 1. The summed E-state index contributed by atoms with van der Waals surface area (Å²) in [5.41, 5.74) is 0. The molecule has 3 heterocycles. The number of rotatable bonds is 4. The zero-order valence-corrected chi connectivity index (χ0v) is 12.9. The fourth-order valence-corrected chi connectivity index (χ4v) is 3.22. The van der Waals surface area contributed by atoms with Gasteiger partial charge in [0.05, 0.1) is 6.04 Å². The maximum absolute atomic E-state index is 11.0. The van der Waals surface area contributed by atoms with Crippen LogP contribution in [0.5, 0.6) is 0 Å². The van der Waals surface area contributed by atoms with Crippen LogP contribution in [0.15, 0.2) is 12.3 Å². The highest BCUT2D eigenvalue weighted by Gasteiger charge is 2.26. The van der Waals surface area contributed by atoms with E-state index in [1.54, 1.807) is 0 Å². The number of nitrogens with one attached hydrogen (secondary N) is 1. The zero-order valence-electron chi connectivity index (χ0n) is 12.1. The van der Waals surface area contributed by atoms with Gasteiger partial charge in [-0.05, 0) is 6.42 Å². The second kappa shape index (κ2) is 5.80. The Morgan fingerprint density at radius 3 is 3.14 bits per heavy atom. The van der Waals surface area contributed by atoms with E-state index in [0.717, 1.165) is 36.9 Å². The third-order valence-corrected chi connectivity index (χ3v) is 4.31. The van der Waals surface area contributed by atoms with Crippen molar-refractivity contribution in [1.29, 1.82) is 0 Å². The van der Waals surface area contributed by atoms with Crippen molar-refractivity contribution in [3.63, 3.8) is 0 Å². The summed E-state index contributed by atoms with van der Waals surface area (Å²) in [4.78, 5) is 17.8. The van der Waals surface area contributed by atoms with Crippen LogP contribution in [-0.2, 0) is 11.2 Å². The van der Waals surface area contributed by atoms with Gasteiger partial charge in [0.25, 0.3) is 0 Å². The normalized spacial score (nSPS) is 18.2. The van der Waals surface area contributed by atoms with Gasteiger partial charge >= 0.3 is 0 Å². The lowest BCUT2D eigenvalue weighted by molar-refractivity contribution is -0.114. The number of nitrogens with zero attached hydrogens (tertiary/aromatic N) is 5. The molecule has 1 atom stereocenters. The fraction of sp³-hybridized carbons (Fsp3) is 0.538. The molecule has 0 radical (unpaired) electrons. The number of carbonyl (C=O) groups is 1. The van der Waals surface area contributed by atoms with Crippen molar-refractivity contribution in [3.05, 3.63) is 18.1 Å². The van der Waals surface area contributed by atoms with E-state index in [-0.39, 0.29) is 5.91 Å². The smallest absolute Gasteiger partial charge is 0.222 e. The lowest BCUT2D eigenvalue weighted by Gasteiger charge is -2.14. The first-order chi connectivity index (χ1) is 10.2. The van der Waals surface area contributed by atoms with Crippen LogP contribution in [-0.4, -0.2) is 38.1 Å². The van der Waals surface area contributed by atoms with Gasteiger partial charge in [-0.3, -0.25) is 9.48 Å². The molecule has 0 spiro atoms. The van der Waals surface area contributed by atoms with Crippen molar-refractivity contribution >= 4 is 28.4 Å². The van der Waals surface area contributed by atoms with E-state index in [4.69, 9.17) is 0 Å². The summed E-state index contributed by atoms with van der Waals surface area (Å²) in [6, 6.07) is 2.13. The number of carbonyl (C=O) groups excluding carboxylic acids is 1. The zero-order chi connectivity index (χ0) is 14.8. The summed E-state index contributed by atoms with van der Waals surface area (Å²) in [6.45, 7) is 5.38. The molecule has 7 nitrogen and oxygen atoms in total. The number of anilines is 2. The Kier molecular flexibility index (Phi) is 3.87. The Balaban J connectivity index is 1.66. The Hall–Kier alpha value is -1.96. The predicted molar refractivity (Wildman–Crippen MR) is 81.7 cm³/mol. The summed E-state index contributed by atoms with van der Waals surface area (Å²) in [5.74, 6) is 1.41. The molecule has 112 valence electrons. The highest BCUT2D eigenvalue weighted by molar-refractivity contribution is 7.09. The van der Waals surface area contributed by atoms with Gasteiger partial charge in [0.2, 0.25) is 11.0 Å². The topological polar surface area (TPSA) is 75.9 Å². The monoisotopic (exact) mass is 306 g/mol. The van der Waals surface area contributed by atoms with Crippen LogP contribution in [0.2, 0.25) is 0 Å². The van der Waals surface area contributed by atoms with Crippen LogP contribution in [0.4, 0.5) is 10.9 Å². The first kappa shape index (κ1) is 14.0. The van der Waals surface area contributed by atoms with Gasteiger partial charge in [0.1, 0.15) is 5.82 Å². The van der Waals surface area contributed by atoms with Crippen LogP contribution in [0, 0.1) is 0 Å². The van der Waals surface area contributed by atoms with E-state index in [1.165, 1.54) is 18.5 Å². The minimum Gasteiger partial charge on any atom is -0.345 e. The molecule has 0 bridgehead atoms. The van der Waals surface area contributed by atoms with E-state index >= 15 is 0 Å². The molecule has 8 heteroatoms. The highest BCUT2D eigenvalue weighted by Crippen LogP contribution is 2.28. The van der Waals surface area contributed by atoms with E-state index in [1.807, 2.05) is 16.9 Å². The lowest BCUT2D eigenvalue weighted by atomic mass is 10.3. The average Bonchev–Trinajstić information content (AvgIpc) is 3.17. The molecule has 2 aromatic heterocycles. The molecule has 0 aromatic carbocycles. The Morgan fingerprint density at radius 2 is 2.43 bits per heavy atom. The number of hydrogen-bond donors (Lipinski definition) is 1. The van der Waals surface area contributed by atoms with Crippen LogP contribution >= 0.6 is 11.5 Å². The largest absolute Gasteiger partial charge is 0.345 e. The SMILES string of the molecule is CCc1nsc(N2CC[C@H](n3ccc(NC(C)=O)n3)C2)n1. The van der Waals surface area contributed by atoms with Crippen molar-refractivity contribution in [2.24, 2.45) is 0 Å². The van der Waals surface area contributed by atoms with Gasteiger partial charge in [0.15, 0.2) is 5.82 Å². The maximum atomic E-state index is 11.0. The van der Waals surface area contributed by atoms with Crippen LogP contribution in [0.3, 0.4) is 0 Å². The molecule has 1 amide bonds. The first-order valence-electron chi connectivity index (χ1n) is 7.06. The first-order valence-corrected chi connectivity index (χ1v) is 7.83. The molecular formula is C13H18N6OS. The van der Waals surface area contributed by atoms with Gasteiger partial charge in [-0.1, -0.05) is 6.92 Å². The standard InChI is InChI=1S/C13H18N6OS/c1-3-11-15-13(21-17-11)18-6-4-10(8-18)19-7-5-12(16-19)14-9(2)20/h5,7,10H,3-4,6,8H2,1-2H3,(H,14,16,20)/t10-/m0/s1. The predicted octanol–water partition coefficient (Wildman–Crippen LogP) is 1.71.